The van der Waals surface area contributed by atoms with Crippen LogP contribution >= 0.6 is 11.3 Å². The second-order valence-corrected chi connectivity index (χ2v) is 7.42. The third kappa shape index (κ3) is 4.43. The van der Waals surface area contributed by atoms with Gasteiger partial charge in [0.2, 0.25) is 5.91 Å². The predicted octanol–water partition coefficient (Wildman–Crippen LogP) is 4.04. The molecule has 6 nitrogen and oxygen atoms in total. The lowest BCUT2D eigenvalue weighted by Gasteiger charge is -2.16. The van der Waals surface area contributed by atoms with E-state index in [2.05, 4.69) is 10.3 Å². The van der Waals surface area contributed by atoms with Crippen LogP contribution < -0.4 is 5.32 Å². The molecule has 0 aliphatic heterocycles. The van der Waals surface area contributed by atoms with Gasteiger partial charge in [-0.25, -0.2) is 4.98 Å². The first-order valence-electron chi connectivity index (χ1n) is 8.49. The van der Waals surface area contributed by atoms with Gasteiger partial charge < -0.3 is 14.6 Å². The second kappa shape index (κ2) is 7.75. The highest BCUT2D eigenvalue weighted by Gasteiger charge is 2.22. The Morgan fingerprint density at radius 3 is 2.44 bits per heavy atom. The average Bonchev–Trinajstić information content (AvgIpc) is 3.22. The summed E-state index contributed by atoms with van der Waals surface area (Å²) in [5.41, 5.74) is 2.44. The molecule has 0 saturated heterocycles. The van der Waals surface area contributed by atoms with Gasteiger partial charge in [0.25, 0.3) is 5.91 Å². The number of aryl methyl sites for hydroxylation is 3. The number of likely N-dealkylation sites (N-methyl/N-ethyl adjacent to an activating group) is 1. The highest BCUT2D eigenvalue weighted by Crippen LogP contribution is 2.29. The predicted molar refractivity (Wildman–Crippen MR) is 106 cm³/mol. The Morgan fingerprint density at radius 2 is 1.81 bits per heavy atom. The molecule has 3 aromatic rings. The molecule has 140 valence electrons. The largest absolute Gasteiger partial charge is 0.459 e. The van der Waals surface area contributed by atoms with Gasteiger partial charge in [-0.3, -0.25) is 9.59 Å². The number of carbonyl (C=O) groups excluding carboxylic acids is 2. The van der Waals surface area contributed by atoms with Gasteiger partial charge in [-0.1, -0.05) is 17.7 Å². The molecule has 0 aliphatic rings. The van der Waals surface area contributed by atoms with Crippen molar-refractivity contribution in [2.24, 2.45) is 0 Å². The molecule has 0 aliphatic carbocycles. The van der Waals surface area contributed by atoms with E-state index in [0.717, 1.165) is 11.3 Å². The maximum absolute atomic E-state index is 12.7. The first kappa shape index (κ1) is 18.8. The zero-order valence-corrected chi connectivity index (χ0v) is 16.5. The third-order valence-electron chi connectivity index (χ3n) is 4.00. The lowest BCUT2D eigenvalue weighted by molar-refractivity contribution is -0.116. The lowest BCUT2D eigenvalue weighted by Crippen LogP contribution is -2.34. The minimum Gasteiger partial charge on any atom is -0.459 e. The van der Waals surface area contributed by atoms with Crippen LogP contribution in [-0.2, 0) is 4.79 Å². The van der Waals surface area contributed by atoms with Gasteiger partial charge in [-0.15, -0.1) is 11.3 Å². The molecule has 0 spiro atoms. The first-order valence-corrected chi connectivity index (χ1v) is 9.31. The van der Waals surface area contributed by atoms with Crippen LogP contribution in [0.4, 0.5) is 5.69 Å². The Labute approximate surface area is 161 Å². The summed E-state index contributed by atoms with van der Waals surface area (Å²) in [4.78, 5) is 31.3. The number of carbonyl (C=O) groups is 2. The number of amides is 2. The van der Waals surface area contributed by atoms with Crippen LogP contribution in [0.2, 0.25) is 0 Å². The van der Waals surface area contributed by atoms with E-state index in [1.807, 2.05) is 50.2 Å². The van der Waals surface area contributed by atoms with Gasteiger partial charge in [-0.2, -0.15) is 0 Å². The quantitative estimate of drug-likeness (QED) is 0.721. The van der Waals surface area contributed by atoms with Crippen molar-refractivity contribution in [3.05, 3.63) is 58.3 Å². The molecule has 1 N–H and O–H groups in total. The molecule has 2 aromatic heterocycles. The number of benzene rings is 1. The SMILES string of the molecule is Cc1ccc(NC(=O)CN(C)C(=O)c2sc(-c3ccc(C)o3)nc2C)cc1. The molecule has 0 bridgehead atoms. The van der Waals surface area contributed by atoms with Crippen LogP contribution in [0.25, 0.3) is 10.8 Å². The number of rotatable bonds is 5. The maximum Gasteiger partial charge on any atom is 0.266 e. The number of hydrogen-bond acceptors (Lipinski definition) is 5. The second-order valence-electron chi connectivity index (χ2n) is 6.42. The number of thiazole rings is 1. The fraction of sp³-hybridized carbons (Fsp3) is 0.250. The minimum absolute atomic E-state index is 0.0424. The molecule has 0 unspecified atom stereocenters. The lowest BCUT2D eigenvalue weighted by atomic mass is 10.2. The summed E-state index contributed by atoms with van der Waals surface area (Å²) in [5.74, 6) is 0.937. The zero-order valence-electron chi connectivity index (χ0n) is 15.7. The van der Waals surface area contributed by atoms with Crippen LogP contribution in [0.3, 0.4) is 0 Å². The monoisotopic (exact) mass is 383 g/mol. The van der Waals surface area contributed by atoms with Crippen molar-refractivity contribution < 1.29 is 14.0 Å². The highest BCUT2D eigenvalue weighted by molar-refractivity contribution is 7.17. The molecule has 2 heterocycles. The summed E-state index contributed by atoms with van der Waals surface area (Å²) in [6.07, 6.45) is 0. The van der Waals surface area contributed by atoms with Crippen molar-refractivity contribution in [1.82, 2.24) is 9.88 Å². The van der Waals surface area contributed by atoms with Crippen LogP contribution in [0.15, 0.2) is 40.8 Å². The summed E-state index contributed by atoms with van der Waals surface area (Å²) in [5, 5.41) is 3.45. The number of anilines is 1. The Morgan fingerprint density at radius 1 is 1.11 bits per heavy atom. The van der Waals surface area contributed by atoms with Gasteiger partial charge in [0.05, 0.1) is 12.2 Å². The summed E-state index contributed by atoms with van der Waals surface area (Å²) in [7, 11) is 1.60. The summed E-state index contributed by atoms with van der Waals surface area (Å²) in [6.45, 7) is 5.58. The van der Waals surface area contributed by atoms with Crippen LogP contribution in [0.1, 0.15) is 26.7 Å². The standard InChI is InChI=1S/C20H21N3O3S/c1-12-5-8-15(9-6-12)22-17(24)11-23(4)20(25)18-14(3)21-19(27-18)16-10-7-13(2)26-16/h5-10H,11H2,1-4H3,(H,22,24). The molecule has 0 saturated carbocycles. The number of nitrogens with one attached hydrogen (secondary N) is 1. The molecule has 1 aromatic carbocycles. The molecular formula is C20H21N3O3S. The fourth-order valence-corrected chi connectivity index (χ4v) is 3.57. The highest BCUT2D eigenvalue weighted by atomic mass is 32.1. The number of furan rings is 1. The Hall–Kier alpha value is -2.93. The van der Waals surface area contributed by atoms with E-state index in [9.17, 15) is 9.59 Å². The van der Waals surface area contributed by atoms with E-state index in [1.165, 1.54) is 16.2 Å². The fourth-order valence-electron chi connectivity index (χ4n) is 2.55. The van der Waals surface area contributed by atoms with Crippen LogP contribution in [0.5, 0.6) is 0 Å². The number of aromatic nitrogens is 1. The molecule has 3 rings (SSSR count). The molecule has 0 atom stereocenters. The number of nitrogens with zero attached hydrogens (tertiary/aromatic N) is 2. The van der Waals surface area contributed by atoms with Gasteiger partial charge in [0.1, 0.15) is 10.6 Å². The molecule has 7 heteroatoms. The van der Waals surface area contributed by atoms with E-state index in [0.29, 0.717) is 27.0 Å². The molecule has 0 radical (unpaired) electrons. The smallest absolute Gasteiger partial charge is 0.266 e. The van der Waals surface area contributed by atoms with Crippen molar-refractivity contribution in [1.29, 1.82) is 0 Å². The van der Waals surface area contributed by atoms with Gasteiger partial charge in [-0.05, 0) is 45.0 Å². The normalized spacial score (nSPS) is 10.7. The van der Waals surface area contributed by atoms with Crippen molar-refractivity contribution >= 4 is 28.8 Å². The van der Waals surface area contributed by atoms with E-state index in [-0.39, 0.29) is 18.4 Å². The van der Waals surface area contributed by atoms with E-state index in [1.54, 1.807) is 14.0 Å². The molecule has 2 amide bonds. The summed E-state index contributed by atoms with van der Waals surface area (Å²) >= 11 is 1.27. The van der Waals surface area contributed by atoms with Crippen LogP contribution in [-0.4, -0.2) is 35.3 Å². The van der Waals surface area contributed by atoms with E-state index < -0.39 is 0 Å². The molecule has 0 fully saturated rings. The number of hydrogen-bond donors (Lipinski definition) is 1. The van der Waals surface area contributed by atoms with Crippen molar-refractivity contribution in [3.8, 4) is 10.8 Å². The minimum atomic E-state index is -0.251. The third-order valence-corrected chi connectivity index (χ3v) is 5.16. The topological polar surface area (TPSA) is 75.4 Å². The maximum atomic E-state index is 12.7. The Bertz CT molecular complexity index is 973. The van der Waals surface area contributed by atoms with Gasteiger partial charge >= 0.3 is 0 Å². The zero-order chi connectivity index (χ0) is 19.6. The Balaban J connectivity index is 1.67. The average molecular weight is 383 g/mol. The first-order chi connectivity index (χ1) is 12.8. The Kier molecular flexibility index (Phi) is 5.41. The summed E-state index contributed by atoms with van der Waals surface area (Å²) in [6, 6.07) is 11.2. The van der Waals surface area contributed by atoms with Crippen LogP contribution in [0, 0.1) is 20.8 Å². The molecular weight excluding hydrogens is 362 g/mol. The van der Waals surface area contributed by atoms with E-state index >= 15 is 0 Å². The molecule has 27 heavy (non-hydrogen) atoms. The van der Waals surface area contributed by atoms with Gasteiger partial charge in [0.15, 0.2) is 10.8 Å². The van der Waals surface area contributed by atoms with Crippen molar-refractivity contribution in [2.75, 3.05) is 18.9 Å². The van der Waals surface area contributed by atoms with Crippen molar-refractivity contribution in [2.45, 2.75) is 20.8 Å². The van der Waals surface area contributed by atoms with Gasteiger partial charge in [0, 0.05) is 12.7 Å². The summed E-state index contributed by atoms with van der Waals surface area (Å²) < 4.78 is 5.58. The van der Waals surface area contributed by atoms with E-state index in [4.69, 9.17) is 4.42 Å². The van der Waals surface area contributed by atoms with Crippen molar-refractivity contribution in [3.63, 3.8) is 0 Å².